The smallest absolute Gasteiger partial charge is 0.278 e. The van der Waals surface area contributed by atoms with Crippen LogP contribution < -0.4 is 10.1 Å². The highest BCUT2D eigenvalue weighted by atomic mass is 32.1. The van der Waals surface area contributed by atoms with Crippen LogP contribution in [0.4, 0.5) is 0 Å². The van der Waals surface area contributed by atoms with E-state index in [4.69, 9.17) is 9.15 Å². The molecule has 4 aromatic rings. The number of hydrogen-bond donors (Lipinski definition) is 1. The topological polar surface area (TPSA) is 77.2 Å². The summed E-state index contributed by atoms with van der Waals surface area (Å²) < 4.78 is 10.6. The lowest BCUT2D eigenvalue weighted by atomic mass is 10.1. The number of amides is 1. The Bertz CT molecular complexity index is 996. The molecule has 3 heterocycles. The third-order valence-corrected chi connectivity index (χ3v) is 4.47. The molecule has 0 bridgehead atoms. The number of carbonyl (C=O) groups is 1. The van der Waals surface area contributed by atoms with Crippen molar-refractivity contribution in [3.63, 3.8) is 0 Å². The predicted molar refractivity (Wildman–Crippen MR) is 102 cm³/mol. The Morgan fingerprint density at radius 1 is 1.11 bits per heavy atom. The van der Waals surface area contributed by atoms with E-state index < -0.39 is 0 Å². The normalized spacial score (nSPS) is 10.5. The average Bonchev–Trinajstić information content (AvgIpc) is 3.41. The maximum Gasteiger partial charge on any atom is 0.278 e. The van der Waals surface area contributed by atoms with Gasteiger partial charge in [0.1, 0.15) is 5.75 Å². The zero-order valence-electron chi connectivity index (χ0n) is 14.2. The second-order valence-electron chi connectivity index (χ2n) is 5.67. The van der Waals surface area contributed by atoms with Crippen molar-refractivity contribution in [2.75, 3.05) is 0 Å². The summed E-state index contributed by atoms with van der Waals surface area (Å²) in [6.07, 6.45) is 6.68. The lowest BCUT2D eigenvalue weighted by Crippen LogP contribution is -2.22. The quantitative estimate of drug-likeness (QED) is 0.534. The molecule has 3 aromatic heterocycles. The van der Waals surface area contributed by atoms with Gasteiger partial charge in [-0.2, -0.15) is 0 Å². The van der Waals surface area contributed by atoms with Crippen molar-refractivity contribution >= 4 is 17.2 Å². The maximum atomic E-state index is 12.3. The fourth-order valence-corrected chi connectivity index (χ4v) is 2.93. The molecular formula is C20H15N3O3S. The van der Waals surface area contributed by atoms with Gasteiger partial charge in [0.05, 0.1) is 18.2 Å². The van der Waals surface area contributed by atoms with Gasteiger partial charge in [0.2, 0.25) is 0 Å². The number of carbonyl (C=O) groups excluding carboxylic acids is 1. The molecule has 6 nitrogen and oxygen atoms in total. The number of aromatic nitrogens is 2. The summed E-state index contributed by atoms with van der Waals surface area (Å²) in [6.45, 7) is 0.398. The van der Waals surface area contributed by atoms with Crippen molar-refractivity contribution < 1.29 is 13.9 Å². The Balaban J connectivity index is 1.33. The molecule has 27 heavy (non-hydrogen) atoms. The number of benzene rings is 1. The van der Waals surface area contributed by atoms with Crippen LogP contribution in [-0.2, 0) is 6.54 Å². The third-order valence-electron chi connectivity index (χ3n) is 3.83. The van der Waals surface area contributed by atoms with Gasteiger partial charge in [-0.25, -0.2) is 4.98 Å². The number of ether oxygens (including phenoxy) is 1. The molecule has 0 fully saturated rings. The number of nitrogens with zero attached hydrogens (tertiary/aromatic N) is 2. The van der Waals surface area contributed by atoms with Crippen molar-refractivity contribution in [2.45, 2.75) is 6.54 Å². The number of hydrogen-bond acceptors (Lipinski definition) is 6. The van der Waals surface area contributed by atoms with Gasteiger partial charge in [0.15, 0.2) is 0 Å². The van der Waals surface area contributed by atoms with Crippen molar-refractivity contribution in [3.8, 4) is 22.2 Å². The van der Waals surface area contributed by atoms with Gasteiger partial charge in [0, 0.05) is 35.4 Å². The average molecular weight is 377 g/mol. The van der Waals surface area contributed by atoms with Gasteiger partial charge >= 0.3 is 0 Å². The zero-order valence-corrected chi connectivity index (χ0v) is 15.0. The molecule has 1 aromatic carbocycles. The SMILES string of the molecule is O=C(NCc1ccc(-c2ccoc2)nc1)c1ccc(Oc2nccs2)cc1. The lowest BCUT2D eigenvalue weighted by Gasteiger charge is -2.07. The molecule has 0 spiro atoms. The summed E-state index contributed by atoms with van der Waals surface area (Å²) in [5.74, 6) is 0.482. The fraction of sp³-hybridized carbons (Fsp3) is 0.0500. The van der Waals surface area contributed by atoms with Gasteiger partial charge in [-0.05, 0) is 42.0 Å². The van der Waals surface area contributed by atoms with Crippen LogP contribution in [0.3, 0.4) is 0 Å². The molecule has 1 amide bonds. The van der Waals surface area contributed by atoms with Gasteiger partial charge in [-0.15, -0.1) is 0 Å². The predicted octanol–water partition coefficient (Wildman–Crippen LogP) is 4.52. The van der Waals surface area contributed by atoms with Crippen molar-refractivity contribution in [3.05, 3.63) is 83.9 Å². The monoisotopic (exact) mass is 377 g/mol. The van der Waals surface area contributed by atoms with E-state index in [-0.39, 0.29) is 5.91 Å². The molecule has 0 unspecified atom stereocenters. The van der Waals surface area contributed by atoms with E-state index in [2.05, 4.69) is 15.3 Å². The van der Waals surface area contributed by atoms with Gasteiger partial charge in [-0.1, -0.05) is 17.4 Å². The van der Waals surface area contributed by atoms with E-state index >= 15 is 0 Å². The van der Waals surface area contributed by atoms with Crippen LogP contribution in [0.1, 0.15) is 15.9 Å². The fourth-order valence-electron chi connectivity index (χ4n) is 2.43. The van der Waals surface area contributed by atoms with Crippen molar-refractivity contribution in [2.24, 2.45) is 0 Å². The van der Waals surface area contributed by atoms with E-state index in [0.717, 1.165) is 16.8 Å². The molecule has 0 radical (unpaired) electrons. The Hall–Kier alpha value is -3.45. The second-order valence-corrected chi connectivity index (χ2v) is 6.53. The van der Waals surface area contributed by atoms with Crippen LogP contribution in [0.25, 0.3) is 11.3 Å². The Kier molecular flexibility index (Phi) is 4.93. The highest BCUT2D eigenvalue weighted by molar-refractivity contribution is 7.11. The first-order valence-electron chi connectivity index (χ1n) is 8.21. The summed E-state index contributed by atoms with van der Waals surface area (Å²) in [7, 11) is 0. The molecule has 1 N–H and O–H groups in total. The maximum absolute atomic E-state index is 12.3. The Labute approximate surface area is 159 Å². The molecule has 0 saturated carbocycles. The van der Waals surface area contributed by atoms with Crippen LogP contribution in [0.15, 0.2) is 77.2 Å². The minimum absolute atomic E-state index is 0.158. The molecule has 0 saturated heterocycles. The number of thiazole rings is 1. The van der Waals surface area contributed by atoms with Gasteiger partial charge in [-0.3, -0.25) is 9.78 Å². The van der Waals surface area contributed by atoms with Crippen LogP contribution in [0.2, 0.25) is 0 Å². The highest BCUT2D eigenvalue weighted by Crippen LogP contribution is 2.23. The van der Waals surface area contributed by atoms with Crippen molar-refractivity contribution in [1.82, 2.24) is 15.3 Å². The van der Waals surface area contributed by atoms with E-state index in [1.165, 1.54) is 11.3 Å². The number of pyridine rings is 1. The van der Waals surface area contributed by atoms with Crippen LogP contribution in [-0.4, -0.2) is 15.9 Å². The van der Waals surface area contributed by atoms with Crippen LogP contribution >= 0.6 is 11.3 Å². The molecule has 0 aliphatic carbocycles. The number of rotatable bonds is 6. The highest BCUT2D eigenvalue weighted by Gasteiger charge is 2.07. The largest absolute Gasteiger partial charge is 0.472 e. The minimum atomic E-state index is -0.158. The van der Waals surface area contributed by atoms with Crippen LogP contribution in [0.5, 0.6) is 10.9 Å². The summed E-state index contributed by atoms with van der Waals surface area (Å²) in [6, 6.07) is 12.6. The molecule has 134 valence electrons. The molecule has 0 aliphatic rings. The number of furan rings is 1. The van der Waals surface area contributed by atoms with Gasteiger partial charge < -0.3 is 14.5 Å². The minimum Gasteiger partial charge on any atom is -0.472 e. The summed E-state index contributed by atoms with van der Waals surface area (Å²) in [5, 5.41) is 5.30. The lowest BCUT2D eigenvalue weighted by molar-refractivity contribution is 0.0951. The first-order chi connectivity index (χ1) is 13.3. The molecular weight excluding hydrogens is 362 g/mol. The molecule has 0 atom stereocenters. The first-order valence-corrected chi connectivity index (χ1v) is 9.09. The van der Waals surface area contributed by atoms with Gasteiger partial charge in [0.25, 0.3) is 11.1 Å². The third kappa shape index (κ3) is 4.21. The Morgan fingerprint density at radius 2 is 2.00 bits per heavy atom. The molecule has 7 heteroatoms. The van der Waals surface area contributed by atoms with Crippen LogP contribution in [0, 0.1) is 0 Å². The van der Waals surface area contributed by atoms with Crippen molar-refractivity contribution in [1.29, 1.82) is 0 Å². The van der Waals surface area contributed by atoms with E-state index in [1.807, 2.05) is 23.6 Å². The van der Waals surface area contributed by atoms with E-state index in [9.17, 15) is 4.79 Å². The molecule has 4 rings (SSSR count). The first kappa shape index (κ1) is 17.0. The summed E-state index contributed by atoms with van der Waals surface area (Å²) >= 11 is 1.41. The standard InChI is InChI=1S/C20H15N3O3S/c24-19(15-2-4-17(5-3-15)26-20-21-8-10-27-20)23-12-14-1-6-18(22-11-14)16-7-9-25-13-16/h1-11,13H,12H2,(H,23,24). The Morgan fingerprint density at radius 3 is 2.67 bits per heavy atom. The number of nitrogens with one attached hydrogen (secondary N) is 1. The second kappa shape index (κ2) is 7.84. The summed E-state index contributed by atoms with van der Waals surface area (Å²) in [4.78, 5) is 20.8. The zero-order chi connectivity index (χ0) is 18.5. The molecule has 0 aliphatic heterocycles. The summed E-state index contributed by atoms with van der Waals surface area (Å²) in [5.41, 5.74) is 3.23. The van der Waals surface area contributed by atoms with E-state index in [1.54, 1.807) is 49.2 Å². The van der Waals surface area contributed by atoms with E-state index in [0.29, 0.717) is 23.1 Å².